The molecule has 1 aliphatic rings. The fourth-order valence-corrected chi connectivity index (χ4v) is 4.61. The first-order chi connectivity index (χ1) is 13.2. The average molecular weight is 469 g/mol. The predicted molar refractivity (Wildman–Crippen MR) is 110 cm³/mol. The summed E-state index contributed by atoms with van der Waals surface area (Å²) in [6.07, 6.45) is 0.848. The van der Waals surface area contributed by atoms with Crippen molar-refractivity contribution < 1.29 is 22.7 Å². The van der Waals surface area contributed by atoms with Crippen LogP contribution in [-0.4, -0.2) is 28.5 Å². The molecule has 150 valence electrons. The summed E-state index contributed by atoms with van der Waals surface area (Å²) in [6.45, 7) is 2.01. The molecule has 0 saturated heterocycles. The molecule has 2 unspecified atom stereocenters. The van der Waals surface area contributed by atoms with Crippen LogP contribution in [-0.2, 0) is 14.8 Å². The molecular weight excluding hydrogens is 448 g/mol. The van der Waals surface area contributed by atoms with Gasteiger partial charge in [0.05, 0.1) is 24.4 Å². The average Bonchev–Trinajstić information content (AvgIpc) is 3.38. The van der Waals surface area contributed by atoms with E-state index in [1.807, 2.05) is 6.92 Å². The second-order valence-corrected chi connectivity index (χ2v) is 9.13. The summed E-state index contributed by atoms with van der Waals surface area (Å²) < 4.78 is 39.4. The van der Waals surface area contributed by atoms with Crippen molar-refractivity contribution in [3.8, 4) is 11.5 Å². The Labute approximate surface area is 172 Å². The number of amides is 1. The highest BCUT2D eigenvalue weighted by molar-refractivity contribution is 9.10. The van der Waals surface area contributed by atoms with Crippen molar-refractivity contribution in [1.82, 2.24) is 0 Å². The van der Waals surface area contributed by atoms with Crippen molar-refractivity contribution >= 4 is 43.2 Å². The Morgan fingerprint density at radius 3 is 2.25 bits per heavy atom. The molecule has 2 aromatic rings. The van der Waals surface area contributed by atoms with Gasteiger partial charge < -0.3 is 14.8 Å². The standard InChI is InChI=1S/C19H21BrN2O5S/c1-11-8-14(11)19(23)21-12-4-7-17(27-3)18(10-12)28(24,25)22-13-5-6-16(26-2)15(20)9-13/h4-7,9-11,14,22H,8H2,1-3H3,(H,21,23). The van der Waals surface area contributed by atoms with Gasteiger partial charge in [-0.15, -0.1) is 0 Å². The molecule has 7 nitrogen and oxygen atoms in total. The maximum atomic E-state index is 12.9. The summed E-state index contributed by atoms with van der Waals surface area (Å²) in [5.74, 6) is 0.999. The topological polar surface area (TPSA) is 93.7 Å². The molecule has 0 aromatic heterocycles. The fourth-order valence-electron chi connectivity index (χ4n) is 2.83. The largest absolute Gasteiger partial charge is 0.496 e. The fraction of sp³-hybridized carbons (Fsp3) is 0.316. The van der Waals surface area contributed by atoms with E-state index in [1.54, 1.807) is 24.3 Å². The predicted octanol–water partition coefficient (Wildman–Crippen LogP) is 3.86. The van der Waals surface area contributed by atoms with E-state index in [4.69, 9.17) is 9.47 Å². The zero-order valence-corrected chi connectivity index (χ0v) is 18.1. The molecule has 0 bridgehead atoms. The maximum Gasteiger partial charge on any atom is 0.265 e. The smallest absolute Gasteiger partial charge is 0.265 e. The van der Waals surface area contributed by atoms with Crippen molar-refractivity contribution in [3.63, 3.8) is 0 Å². The van der Waals surface area contributed by atoms with Gasteiger partial charge >= 0.3 is 0 Å². The molecule has 1 saturated carbocycles. The van der Waals surface area contributed by atoms with Gasteiger partial charge in [0, 0.05) is 11.6 Å². The van der Waals surface area contributed by atoms with Crippen molar-refractivity contribution in [2.24, 2.45) is 11.8 Å². The first-order valence-electron chi connectivity index (χ1n) is 8.60. The zero-order valence-electron chi connectivity index (χ0n) is 15.7. The van der Waals surface area contributed by atoms with Crippen LogP contribution in [0.4, 0.5) is 11.4 Å². The van der Waals surface area contributed by atoms with Crippen molar-refractivity contribution in [3.05, 3.63) is 40.9 Å². The molecule has 1 amide bonds. The van der Waals surface area contributed by atoms with Crippen LogP contribution < -0.4 is 19.5 Å². The summed E-state index contributed by atoms with van der Waals surface area (Å²) in [7, 11) is -1.04. The van der Waals surface area contributed by atoms with Gasteiger partial charge in [0.25, 0.3) is 10.0 Å². The first kappa shape index (κ1) is 20.5. The number of ether oxygens (including phenoxy) is 2. The van der Waals surface area contributed by atoms with Crippen molar-refractivity contribution in [2.75, 3.05) is 24.3 Å². The van der Waals surface area contributed by atoms with Gasteiger partial charge in [-0.05, 0) is 64.7 Å². The third-order valence-corrected chi connectivity index (χ3v) is 6.59. The van der Waals surface area contributed by atoms with E-state index in [9.17, 15) is 13.2 Å². The highest BCUT2D eigenvalue weighted by Gasteiger charge is 2.39. The molecule has 0 spiro atoms. The van der Waals surface area contributed by atoms with Gasteiger partial charge in [0.1, 0.15) is 16.4 Å². The van der Waals surface area contributed by atoms with Crippen LogP contribution in [0.1, 0.15) is 13.3 Å². The summed E-state index contributed by atoms with van der Waals surface area (Å²) in [4.78, 5) is 12.1. The lowest BCUT2D eigenvalue weighted by molar-refractivity contribution is -0.117. The van der Waals surface area contributed by atoms with Crippen LogP contribution in [0.5, 0.6) is 11.5 Å². The van der Waals surface area contributed by atoms with E-state index >= 15 is 0 Å². The van der Waals surface area contributed by atoms with Gasteiger partial charge in [0.15, 0.2) is 0 Å². The number of hydrogen-bond acceptors (Lipinski definition) is 5. The Morgan fingerprint density at radius 2 is 1.68 bits per heavy atom. The quantitative estimate of drug-likeness (QED) is 0.643. The van der Waals surface area contributed by atoms with Gasteiger partial charge in [-0.3, -0.25) is 9.52 Å². The molecule has 0 heterocycles. The minimum Gasteiger partial charge on any atom is -0.496 e. The Kier molecular flexibility index (Phi) is 5.85. The summed E-state index contributed by atoms with van der Waals surface area (Å²) in [5.41, 5.74) is 0.761. The molecule has 2 atom stereocenters. The van der Waals surface area contributed by atoms with Gasteiger partial charge in [-0.25, -0.2) is 8.42 Å². The number of sulfonamides is 1. The SMILES string of the molecule is COc1ccc(NS(=O)(=O)c2cc(NC(=O)C3CC3C)ccc2OC)cc1Br. The summed E-state index contributed by atoms with van der Waals surface area (Å²) in [5, 5.41) is 2.78. The molecule has 1 fully saturated rings. The minimum atomic E-state index is -3.95. The third-order valence-electron chi connectivity index (χ3n) is 4.57. The zero-order chi connectivity index (χ0) is 20.5. The lowest BCUT2D eigenvalue weighted by atomic mass is 10.2. The number of nitrogens with one attached hydrogen (secondary N) is 2. The van der Waals surface area contributed by atoms with Crippen molar-refractivity contribution in [2.45, 2.75) is 18.2 Å². The van der Waals surface area contributed by atoms with E-state index in [-0.39, 0.29) is 22.5 Å². The second-order valence-electron chi connectivity index (χ2n) is 6.63. The number of carbonyl (C=O) groups excluding carboxylic acids is 1. The van der Waals surface area contributed by atoms with Crippen LogP contribution in [0.2, 0.25) is 0 Å². The third kappa shape index (κ3) is 4.41. The molecule has 0 radical (unpaired) electrons. The van der Waals surface area contributed by atoms with E-state index in [0.29, 0.717) is 27.5 Å². The van der Waals surface area contributed by atoms with E-state index in [2.05, 4.69) is 26.0 Å². The number of carbonyl (C=O) groups is 1. The highest BCUT2D eigenvalue weighted by atomic mass is 79.9. The monoisotopic (exact) mass is 468 g/mol. The summed E-state index contributed by atoms with van der Waals surface area (Å²) >= 11 is 3.33. The van der Waals surface area contributed by atoms with Crippen LogP contribution >= 0.6 is 15.9 Å². The Morgan fingerprint density at radius 1 is 1.07 bits per heavy atom. The molecule has 1 aliphatic carbocycles. The first-order valence-corrected chi connectivity index (χ1v) is 10.9. The molecular formula is C19H21BrN2O5S. The van der Waals surface area contributed by atoms with Gasteiger partial charge in [-0.1, -0.05) is 6.92 Å². The van der Waals surface area contributed by atoms with Gasteiger partial charge in [-0.2, -0.15) is 0 Å². The van der Waals surface area contributed by atoms with E-state index in [0.717, 1.165) is 6.42 Å². The lowest BCUT2D eigenvalue weighted by Gasteiger charge is -2.14. The minimum absolute atomic E-state index is 0.0167. The maximum absolute atomic E-state index is 12.9. The lowest BCUT2D eigenvalue weighted by Crippen LogP contribution is -2.17. The van der Waals surface area contributed by atoms with Crippen LogP contribution in [0.25, 0.3) is 0 Å². The van der Waals surface area contributed by atoms with E-state index < -0.39 is 10.0 Å². The molecule has 28 heavy (non-hydrogen) atoms. The Hall–Kier alpha value is -2.26. The molecule has 2 N–H and O–H groups in total. The van der Waals surface area contributed by atoms with Crippen LogP contribution in [0.3, 0.4) is 0 Å². The number of anilines is 2. The molecule has 3 rings (SSSR count). The number of hydrogen-bond donors (Lipinski definition) is 2. The number of methoxy groups -OCH3 is 2. The number of halogens is 1. The molecule has 0 aliphatic heterocycles. The Balaban J connectivity index is 1.87. The van der Waals surface area contributed by atoms with E-state index in [1.165, 1.54) is 26.4 Å². The normalized spacial score (nSPS) is 18.3. The molecule has 9 heteroatoms. The van der Waals surface area contributed by atoms with Crippen LogP contribution in [0.15, 0.2) is 45.8 Å². The number of rotatable bonds is 7. The molecule has 2 aromatic carbocycles. The van der Waals surface area contributed by atoms with Gasteiger partial charge in [0.2, 0.25) is 5.91 Å². The summed E-state index contributed by atoms with van der Waals surface area (Å²) in [6, 6.07) is 9.37. The highest BCUT2D eigenvalue weighted by Crippen LogP contribution is 2.39. The van der Waals surface area contributed by atoms with Crippen LogP contribution in [0, 0.1) is 11.8 Å². The Bertz CT molecular complexity index is 1010. The second kappa shape index (κ2) is 8.00. The number of benzene rings is 2. The van der Waals surface area contributed by atoms with Crippen molar-refractivity contribution in [1.29, 1.82) is 0 Å².